The molecule has 1 saturated heterocycles. The monoisotopic (exact) mass is 232 g/mol. The maximum absolute atomic E-state index is 11.6. The molecule has 0 bridgehead atoms. The Morgan fingerprint density at radius 1 is 1.24 bits per heavy atom. The van der Waals surface area contributed by atoms with Gasteiger partial charge in [0.2, 0.25) is 5.91 Å². The molecule has 0 radical (unpaired) electrons. The van der Waals surface area contributed by atoms with E-state index in [1.807, 2.05) is 44.2 Å². The van der Waals surface area contributed by atoms with Crippen LogP contribution in [0.2, 0.25) is 0 Å². The van der Waals surface area contributed by atoms with Crippen LogP contribution < -0.4 is 15.6 Å². The quantitative estimate of drug-likeness (QED) is 0.816. The maximum Gasteiger partial charge on any atom is 0.249 e. The molecule has 90 valence electrons. The Morgan fingerprint density at radius 2 is 1.94 bits per heavy atom. The fourth-order valence-electron chi connectivity index (χ4n) is 1.72. The van der Waals surface area contributed by atoms with Crippen molar-refractivity contribution in [2.45, 2.75) is 13.8 Å². The average Bonchev–Trinajstić information content (AvgIpc) is 2.57. The molecule has 17 heavy (non-hydrogen) atoms. The van der Waals surface area contributed by atoms with Gasteiger partial charge in [-0.25, -0.2) is 0 Å². The third kappa shape index (κ3) is 1.98. The summed E-state index contributed by atoms with van der Waals surface area (Å²) in [7, 11) is 1.63. The van der Waals surface area contributed by atoms with Gasteiger partial charge in [-0.3, -0.25) is 10.2 Å². The summed E-state index contributed by atoms with van der Waals surface area (Å²) in [5.41, 5.74) is 6.77. The zero-order valence-electron chi connectivity index (χ0n) is 10.2. The van der Waals surface area contributed by atoms with E-state index in [0.717, 1.165) is 17.0 Å². The van der Waals surface area contributed by atoms with Crippen molar-refractivity contribution in [2.24, 2.45) is 5.41 Å². The van der Waals surface area contributed by atoms with Gasteiger partial charge in [-0.15, -0.1) is 0 Å². The number of methoxy groups -OCH3 is 1. The largest absolute Gasteiger partial charge is 0.496 e. The highest BCUT2D eigenvalue weighted by Crippen LogP contribution is 2.31. The highest BCUT2D eigenvalue weighted by molar-refractivity contribution is 5.89. The predicted molar refractivity (Wildman–Crippen MR) is 66.0 cm³/mol. The minimum Gasteiger partial charge on any atom is -0.496 e. The molecule has 1 heterocycles. The summed E-state index contributed by atoms with van der Waals surface area (Å²) in [5, 5.41) is 0. The van der Waals surface area contributed by atoms with Gasteiger partial charge in [0.25, 0.3) is 0 Å². The van der Waals surface area contributed by atoms with E-state index in [1.165, 1.54) is 0 Å². The molecule has 1 fully saturated rings. The van der Waals surface area contributed by atoms with Crippen molar-refractivity contribution in [3.8, 4) is 5.75 Å². The molecule has 2 N–H and O–H groups in total. The van der Waals surface area contributed by atoms with E-state index in [-0.39, 0.29) is 5.91 Å². The number of ether oxygens (including phenoxy) is 1. The van der Waals surface area contributed by atoms with Crippen molar-refractivity contribution in [1.29, 1.82) is 0 Å². The van der Waals surface area contributed by atoms with E-state index in [9.17, 15) is 4.79 Å². The normalized spacial score (nSPS) is 19.9. The second-order valence-electron chi connectivity index (χ2n) is 4.50. The highest BCUT2D eigenvalue weighted by Gasteiger charge is 2.37. The lowest BCUT2D eigenvalue weighted by atomic mass is 9.89. The number of rotatable bonds is 2. The third-order valence-electron chi connectivity index (χ3n) is 2.99. The Kier molecular flexibility index (Phi) is 2.79. The number of carbonyl (C=O) groups excluding carboxylic acids is 1. The highest BCUT2D eigenvalue weighted by atomic mass is 16.5. The summed E-state index contributed by atoms with van der Waals surface area (Å²) >= 11 is 0. The van der Waals surface area contributed by atoms with Crippen molar-refractivity contribution < 1.29 is 9.53 Å². The van der Waals surface area contributed by atoms with Crippen LogP contribution in [0.25, 0.3) is 6.08 Å². The van der Waals surface area contributed by atoms with Crippen molar-refractivity contribution in [3.05, 3.63) is 35.5 Å². The van der Waals surface area contributed by atoms with E-state index in [0.29, 0.717) is 0 Å². The lowest BCUT2D eigenvalue weighted by Gasteiger charge is -2.15. The van der Waals surface area contributed by atoms with Crippen LogP contribution in [0.1, 0.15) is 19.4 Å². The minimum atomic E-state index is -0.541. The first-order chi connectivity index (χ1) is 8.05. The van der Waals surface area contributed by atoms with Gasteiger partial charge in [0.1, 0.15) is 5.75 Å². The third-order valence-corrected chi connectivity index (χ3v) is 2.99. The summed E-state index contributed by atoms with van der Waals surface area (Å²) in [4.78, 5) is 11.6. The molecule has 1 aliphatic heterocycles. The Balaban J connectivity index is 2.40. The molecule has 0 unspecified atom stereocenters. The number of hydrazine groups is 1. The Bertz CT molecular complexity index is 478. The van der Waals surface area contributed by atoms with Gasteiger partial charge >= 0.3 is 0 Å². The van der Waals surface area contributed by atoms with Gasteiger partial charge in [0, 0.05) is 11.3 Å². The molecule has 1 aromatic carbocycles. The zero-order chi connectivity index (χ0) is 12.5. The van der Waals surface area contributed by atoms with Gasteiger partial charge in [0.15, 0.2) is 0 Å². The minimum absolute atomic E-state index is 0.0290. The van der Waals surface area contributed by atoms with Crippen LogP contribution in [0, 0.1) is 5.41 Å². The number of amides is 1. The molecule has 4 nitrogen and oxygen atoms in total. The van der Waals surface area contributed by atoms with E-state index in [4.69, 9.17) is 4.74 Å². The first kappa shape index (κ1) is 11.5. The molecule has 2 rings (SSSR count). The van der Waals surface area contributed by atoms with Crippen LogP contribution in [0.5, 0.6) is 5.75 Å². The smallest absolute Gasteiger partial charge is 0.249 e. The van der Waals surface area contributed by atoms with E-state index in [1.54, 1.807) is 7.11 Å². The van der Waals surface area contributed by atoms with Gasteiger partial charge < -0.3 is 10.2 Å². The number of nitrogens with one attached hydrogen (secondary N) is 2. The fourth-order valence-corrected chi connectivity index (χ4v) is 1.72. The van der Waals surface area contributed by atoms with Crippen LogP contribution in [0.3, 0.4) is 0 Å². The molecule has 0 atom stereocenters. The second-order valence-corrected chi connectivity index (χ2v) is 4.50. The SMILES string of the molecule is COc1ccccc1/C=C1\NNC(=O)C1(C)C. The van der Waals surface area contributed by atoms with E-state index < -0.39 is 5.41 Å². The van der Waals surface area contributed by atoms with Crippen LogP contribution in [-0.4, -0.2) is 13.0 Å². The van der Waals surface area contributed by atoms with Crippen molar-refractivity contribution in [1.82, 2.24) is 10.9 Å². The van der Waals surface area contributed by atoms with Crippen LogP contribution in [-0.2, 0) is 4.79 Å². The molecule has 1 amide bonds. The zero-order valence-corrected chi connectivity index (χ0v) is 10.2. The lowest BCUT2D eigenvalue weighted by Crippen LogP contribution is -2.28. The molecule has 0 spiro atoms. The summed E-state index contributed by atoms with van der Waals surface area (Å²) in [5.74, 6) is 0.760. The first-order valence-corrected chi connectivity index (χ1v) is 5.47. The summed E-state index contributed by atoms with van der Waals surface area (Å²) in [6, 6.07) is 7.69. The number of carbonyl (C=O) groups is 1. The maximum atomic E-state index is 11.6. The Hall–Kier alpha value is -1.97. The topological polar surface area (TPSA) is 50.4 Å². The van der Waals surface area contributed by atoms with Crippen LogP contribution in [0.4, 0.5) is 0 Å². The number of para-hydroxylation sites is 1. The standard InChI is InChI=1S/C13H16N2O2/c1-13(2)11(14-15-12(13)16)8-9-6-4-5-7-10(9)17-3/h4-8,14H,1-3H3,(H,15,16)/b11-8-. The lowest BCUT2D eigenvalue weighted by molar-refractivity contribution is -0.125. The van der Waals surface area contributed by atoms with Gasteiger partial charge in [-0.2, -0.15) is 0 Å². The van der Waals surface area contributed by atoms with Gasteiger partial charge in [-0.1, -0.05) is 18.2 Å². The molecule has 1 aliphatic rings. The Labute approximate surface area is 101 Å². The second kappa shape index (κ2) is 4.13. The molecule has 0 saturated carbocycles. The number of benzene rings is 1. The molecule has 4 heteroatoms. The summed E-state index contributed by atoms with van der Waals surface area (Å²) in [6.45, 7) is 3.76. The van der Waals surface area contributed by atoms with Crippen molar-refractivity contribution in [2.75, 3.05) is 7.11 Å². The van der Waals surface area contributed by atoms with E-state index >= 15 is 0 Å². The van der Waals surface area contributed by atoms with Crippen molar-refractivity contribution in [3.63, 3.8) is 0 Å². The van der Waals surface area contributed by atoms with Crippen LogP contribution >= 0.6 is 0 Å². The summed E-state index contributed by atoms with van der Waals surface area (Å²) < 4.78 is 5.27. The van der Waals surface area contributed by atoms with E-state index in [2.05, 4.69) is 10.9 Å². The predicted octanol–water partition coefficient (Wildman–Crippen LogP) is 1.70. The molecule has 1 aromatic rings. The molecular formula is C13H16N2O2. The number of hydrogen-bond acceptors (Lipinski definition) is 3. The number of hydrogen-bond donors (Lipinski definition) is 2. The van der Waals surface area contributed by atoms with Crippen molar-refractivity contribution >= 4 is 12.0 Å². The Morgan fingerprint density at radius 3 is 2.53 bits per heavy atom. The molecular weight excluding hydrogens is 216 g/mol. The van der Waals surface area contributed by atoms with Gasteiger partial charge in [-0.05, 0) is 26.0 Å². The van der Waals surface area contributed by atoms with Gasteiger partial charge in [0.05, 0.1) is 12.5 Å². The average molecular weight is 232 g/mol. The molecule has 0 aliphatic carbocycles. The molecule has 0 aromatic heterocycles. The van der Waals surface area contributed by atoms with Crippen LogP contribution in [0.15, 0.2) is 30.0 Å². The summed E-state index contributed by atoms with van der Waals surface area (Å²) in [6.07, 6.45) is 1.93. The first-order valence-electron chi connectivity index (χ1n) is 5.47. The fraction of sp³-hybridized carbons (Fsp3) is 0.308.